The molecule has 0 saturated carbocycles. The Kier molecular flexibility index (Phi) is 5.34. The molecule has 0 spiro atoms. The van der Waals surface area contributed by atoms with E-state index in [9.17, 15) is 0 Å². The molecule has 0 bridgehead atoms. The van der Waals surface area contributed by atoms with Gasteiger partial charge in [0.2, 0.25) is 0 Å². The van der Waals surface area contributed by atoms with Gasteiger partial charge in [0.05, 0.1) is 0 Å². The summed E-state index contributed by atoms with van der Waals surface area (Å²) in [5.41, 5.74) is 10.7. The van der Waals surface area contributed by atoms with Crippen LogP contribution in [0.2, 0.25) is 0 Å². The first-order valence-electron chi connectivity index (χ1n) is 7.54. The van der Waals surface area contributed by atoms with Crippen molar-refractivity contribution in [3.05, 3.63) is 58.8 Å². The fourth-order valence-electron chi connectivity index (χ4n) is 2.68. The molecular weight excluding hydrogens is 258 g/mol. The summed E-state index contributed by atoms with van der Waals surface area (Å²) in [7, 11) is 2.10. The maximum Gasteiger partial charge on any atom is 0.133 e. The van der Waals surface area contributed by atoms with Gasteiger partial charge in [-0.1, -0.05) is 30.3 Å². The lowest BCUT2D eigenvalue weighted by Crippen LogP contribution is -2.23. The number of hydrogen-bond donors (Lipinski definition) is 1. The first kappa shape index (κ1) is 15.5. The van der Waals surface area contributed by atoms with Crippen LogP contribution in [0.5, 0.6) is 0 Å². The Hall–Kier alpha value is -1.87. The second-order valence-corrected chi connectivity index (χ2v) is 5.60. The van der Waals surface area contributed by atoms with Crippen LogP contribution in [0.3, 0.4) is 0 Å². The van der Waals surface area contributed by atoms with Crippen molar-refractivity contribution in [3.63, 3.8) is 0 Å². The van der Waals surface area contributed by atoms with E-state index in [2.05, 4.69) is 60.3 Å². The zero-order valence-corrected chi connectivity index (χ0v) is 13.3. The third-order valence-electron chi connectivity index (χ3n) is 3.82. The number of hydrogen-bond acceptors (Lipinski definition) is 3. The largest absolute Gasteiger partial charge is 0.359 e. The molecule has 0 atom stereocenters. The zero-order valence-electron chi connectivity index (χ0n) is 13.3. The van der Waals surface area contributed by atoms with Crippen LogP contribution in [0.1, 0.15) is 28.8 Å². The number of pyridine rings is 1. The number of nitrogens with two attached hydrogens (primary N) is 1. The summed E-state index contributed by atoms with van der Waals surface area (Å²) in [6, 6.07) is 12.7. The van der Waals surface area contributed by atoms with Gasteiger partial charge in [-0.2, -0.15) is 0 Å². The van der Waals surface area contributed by atoms with Gasteiger partial charge in [0.1, 0.15) is 5.82 Å². The van der Waals surface area contributed by atoms with Crippen molar-refractivity contribution in [3.8, 4) is 0 Å². The zero-order chi connectivity index (χ0) is 15.2. The molecule has 0 aliphatic heterocycles. The molecule has 3 nitrogen and oxygen atoms in total. The van der Waals surface area contributed by atoms with Crippen molar-refractivity contribution in [1.29, 1.82) is 0 Å². The Labute approximate surface area is 127 Å². The van der Waals surface area contributed by atoms with Crippen molar-refractivity contribution in [2.75, 3.05) is 18.5 Å². The molecular formula is C18H25N3. The highest BCUT2D eigenvalue weighted by atomic mass is 15.2. The van der Waals surface area contributed by atoms with Crippen molar-refractivity contribution < 1.29 is 0 Å². The SMILES string of the molecule is Cc1cc(C)c(CN)c(N(C)CCCc2ccccc2)n1. The van der Waals surface area contributed by atoms with Crippen molar-refractivity contribution in [2.24, 2.45) is 5.73 Å². The topological polar surface area (TPSA) is 42.1 Å². The van der Waals surface area contributed by atoms with Crippen molar-refractivity contribution >= 4 is 5.82 Å². The summed E-state index contributed by atoms with van der Waals surface area (Å²) >= 11 is 0. The minimum absolute atomic E-state index is 0.539. The van der Waals surface area contributed by atoms with Gasteiger partial charge in [0.25, 0.3) is 0 Å². The Balaban J connectivity index is 2.02. The number of rotatable bonds is 6. The van der Waals surface area contributed by atoms with Crippen LogP contribution in [0, 0.1) is 13.8 Å². The highest BCUT2D eigenvalue weighted by Gasteiger charge is 2.11. The van der Waals surface area contributed by atoms with Crippen LogP contribution in [0.15, 0.2) is 36.4 Å². The molecule has 1 heterocycles. The molecule has 21 heavy (non-hydrogen) atoms. The van der Waals surface area contributed by atoms with Gasteiger partial charge in [-0.05, 0) is 43.9 Å². The van der Waals surface area contributed by atoms with E-state index in [1.54, 1.807) is 0 Å². The third-order valence-corrected chi connectivity index (χ3v) is 3.82. The highest BCUT2D eigenvalue weighted by Crippen LogP contribution is 2.21. The molecule has 1 aromatic heterocycles. The molecule has 2 aromatic rings. The Bertz CT molecular complexity index is 579. The van der Waals surface area contributed by atoms with E-state index in [-0.39, 0.29) is 0 Å². The fraction of sp³-hybridized carbons (Fsp3) is 0.389. The number of aryl methyl sites for hydroxylation is 3. The predicted octanol–water partition coefficient (Wildman–Crippen LogP) is 3.23. The molecule has 0 amide bonds. The van der Waals surface area contributed by atoms with E-state index in [1.165, 1.54) is 11.1 Å². The second kappa shape index (κ2) is 7.23. The highest BCUT2D eigenvalue weighted by molar-refractivity contribution is 5.51. The van der Waals surface area contributed by atoms with Gasteiger partial charge >= 0.3 is 0 Å². The lowest BCUT2D eigenvalue weighted by Gasteiger charge is -2.22. The standard InChI is InChI=1S/C18H25N3/c1-14-12-15(2)20-18(17(14)13-19)21(3)11-7-10-16-8-5-4-6-9-16/h4-6,8-9,12H,7,10-11,13,19H2,1-3H3. The minimum Gasteiger partial charge on any atom is -0.359 e. The molecule has 3 heteroatoms. The Morgan fingerprint density at radius 3 is 2.52 bits per heavy atom. The predicted molar refractivity (Wildman–Crippen MR) is 89.6 cm³/mol. The third kappa shape index (κ3) is 4.05. The number of nitrogens with zero attached hydrogens (tertiary/aromatic N) is 2. The summed E-state index contributed by atoms with van der Waals surface area (Å²) in [4.78, 5) is 6.90. The smallest absolute Gasteiger partial charge is 0.133 e. The monoisotopic (exact) mass is 283 g/mol. The van der Waals surface area contributed by atoms with Crippen LogP contribution in [0.4, 0.5) is 5.82 Å². The summed E-state index contributed by atoms with van der Waals surface area (Å²) in [5.74, 6) is 1.03. The second-order valence-electron chi connectivity index (χ2n) is 5.60. The van der Waals surface area contributed by atoms with Gasteiger partial charge in [0, 0.05) is 31.4 Å². The lowest BCUT2D eigenvalue weighted by atomic mass is 10.1. The summed E-state index contributed by atoms with van der Waals surface area (Å²) in [5, 5.41) is 0. The number of anilines is 1. The lowest BCUT2D eigenvalue weighted by molar-refractivity contribution is 0.769. The minimum atomic E-state index is 0.539. The first-order chi connectivity index (χ1) is 10.1. The van der Waals surface area contributed by atoms with Gasteiger partial charge in [-0.15, -0.1) is 0 Å². The van der Waals surface area contributed by atoms with E-state index < -0.39 is 0 Å². The van der Waals surface area contributed by atoms with Crippen LogP contribution >= 0.6 is 0 Å². The molecule has 0 fully saturated rings. The molecule has 112 valence electrons. The molecule has 0 saturated heterocycles. The first-order valence-corrected chi connectivity index (χ1v) is 7.54. The van der Waals surface area contributed by atoms with E-state index in [4.69, 9.17) is 5.73 Å². The van der Waals surface area contributed by atoms with Gasteiger partial charge < -0.3 is 10.6 Å². The van der Waals surface area contributed by atoms with Crippen LogP contribution in [-0.2, 0) is 13.0 Å². The van der Waals surface area contributed by atoms with Gasteiger partial charge in [-0.3, -0.25) is 0 Å². The maximum atomic E-state index is 5.89. The van der Waals surface area contributed by atoms with E-state index in [0.29, 0.717) is 6.54 Å². The van der Waals surface area contributed by atoms with Crippen molar-refractivity contribution in [1.82, 2.24) is 4.98 Å². The maximum absolute atomic E-state index is 5.89. The molecule has 2 N–H and O–H groups in total. The molecule has 2 rings (SSSR count). The average molecular weight is 283 g/mol. The summed E-state index contributed by atoms with van der Waals surface area (Å²) in [6.07, 6.45) is 2.20. The number of benzene rings is 1. The normalized spacial score (nSPS) is 10.7. The Morgan fingerprint density at radius 2 is 1.86 bits per heavy atom. The molecule has 1 aromatic carbocycles. The average Bonchev–Trinajstić information content (AvgIpc) is 2.47. The quantitative estimate of drug-likeness (QED) is 0.885. The van der Waals surface area contributed by atoms with E-state index in [1.807, 2.05) is 6.92 Å². The van der Waals surface area contributed by atoms with Crippen LogP contribution < -0.4 is 10.6 Å². The molecule has 0 radical (unpaired) electrons. The molecule has 0 aliphatic carbocycles. The molecule has 0 unspecified atom stereocenters. The molecule has 0 aliphatic rings. The van der Waals surface area contributed by atoms with Crippen molar-refractivity contribution in [2.45, 2.75) is 33.2 Å². The van der Waals surface area contributed by atoms with Crippen LogP contribution in [0.25, 0.3) is 0 Å². The van der Waals surface area contributed by atoms with Gasteiger partial charge in [-0.25, -0.2) is 4.98 Å². The summed E-state index contributed by atoms with van der Waals surface area (Å²) < 4.78 is 0. The van der Waals surface area contributed by atoms with E-state index in [0.717, 1.165) is 36.5 Å². The van der Waals surface area contributed by atoms with Crippen LogP contribution in [-0.4, -0.2) is 18.6 Å². The fourth-order valence-corrected chi connectivity index (χ4v) is 2.68. The van der Waals surface area contributed by atoms with E-state index >= 15 is 0 Å². The summed E-state index contributed by atoms with van der Waals surface area (Å²) in [6.45, 7) is 5.67. The number of aromatic nitrogens is 1. The van der Waals surface area contributed by atoms with Gasteiger partial charge in [0.15, 0.2) is 0 Å². The Morgan fingerprint density at radius 1 is 1.14 bits per heavy atom.